The summed E-state index contributed by atoms with van der Waals surface area (Å²) < 4.78 is 6.63. The molecule has 0 aromatic carbocycles. The highest BCUT2D eigenvalue weighted by atomic mass is 16.5. The molecule has 6 nitrogen and oxygen atoms in total. The van der Waals surface area contributed by atoms with Crippen molar-refractivity contribution in [1.29, 1.82) is 0 Å². The molecule has 1 rings (SSSR count). The van der Waals surface area contributed by atoms with Crippen molar-refractivity contribution < 1.29 is 14.3 Å². The Bertz CT molecular complexity index is 441. The third kappa shape index (κ3) is 5.42. The maximum atomic E-state index is 11.7. The van der Waals surface area contributed by atoms with Crippen LogP contribution in [0.4, 0.5) is 0 Å². The number of esters is 1. The van der Waals surface area contributed by atoms with E-state index in [0.29, 0.717) is 18.7 Å². The fraction of sp³-hybridized carbons (Fsp3) is 0.643. The van der Waals surface area contributed by atoms with Gasteiger partial charge in [0.25, 0.3) is 5.91 Å². The third-order valence-corrected chi connectivity index (χ3v) is 2.84. The van der Waals surface area contributed by atoms with Crippen molar-refractivity contribution in [2.75, 3.05) is 20.7 Å². The number of carbonyl (C=O) groups excluding carboxylic acids is 2. The molecule has 0 unspecified atom stereocenters. The summed E-state index contributed by atoms with van der Waals surface area (Å²) >= 11 is 0. The molecular weight excluding hydrogens is 258 g/mol. The summed E-state index contributed by atoms with van der Waals surface area (Å²) in [4.78, 5) is 24.3. The quantitative estimate of drug-likeness (QED) is 0.537. The standard InChI is InChI=1S/C14H23N3O3/c1-4-20-13(18)8-6-5-7-10-17-11-9-12(15-17)14(19)16(2)3/h9,11H,4-8,10H2,1-3H3. The second kappa shape index (κ2) is 8.35. The summed E-state index contributed by atoms with van der Waals surface area (Å²) in [6, 6.07) is 1.72. The molecule has 1 amide bonds. The Kier molecular flexibility index (Phi) is 6.76. The summed E-state index contributed by atoms with van der Waals surface area (Å²) in [5.74, 6) is -0.225. The average molecular weight is 281 g/mol. The highest BCUT2D eigenvalue weighted by Gasteiger charge is 2.10. The zero-order valence-corrected chi connectivity index (χ0v) is 12.5. The number of aromatic nitrogens is 2. The van der Waals surface area contributed by atoms with Crippen LogP contribution in [0.5, 0.6) is 0 Å². The average Bonchev–Trinajstić information content (AvgIpc) is 2.86. The van der Waals surface area contributed by atoms with E-state index in [4.69, 9.17) is 4.74 Å². The number of nitrogens with zero attached hydrogens (tertiary/aromatic N) is 3. The summed E-state index contributed by atoms with van der Waals surface area (Å²) in [6.07, 6.45) is 4.97. The van der Waals surface area contributed by atoms with Crippen molar-refractivity contribution in [2.45, 2.75) is 39.2 Å². The molecule has 0 atom stereocenters. The van der Waals surface area contributed by atoms with Crippen LogP contribution in [0.15, 0.2) is 12.3 Å². The Morgan fingerprint density at radius 1 is 1.30 bits per heavy atom. The van der Waals surface area contributed by atoms with Gasteiger partial charge in [-0.15, -0.1) is 0 Å². The number of unbranched alkanes of at least 4 members (excludes halogenated alkanes) is 2. The van der Waals surface area contributed by atoms with Crippen molar-refractivity contribution >= 4 is 11.9 Å². The van der Waals surface area contributed by atoms with Gasteiger partial charge in [-0.3, -0.25) is 14.3 Å². The molecular formula is C14H23N3O3. The number of hydrogen-bond acceptors (Lipinski definition) is 4. The van der Waals surface area contributed by atoms with Crippen molar-refractivity contribution in [1.82, 2.24) is 14.7 Å². The molecule has 0 bridgehead atoms. The van der Waals surface area contributed by atoms with E-state index in [1.165, 1.54) is 4.90 Å². The molecule has 0 aliphatic heterocycles. The number of hydrogen-bond donors (Lipinski definition) is 0. The van der Waals surface area contributed by atoms with Gasteiger partial charge in [-0.1, -0.05) is 6.42 Å². The van der Waals surface area contributed by atoms with Gasteiger partial charge in [0.2, 0.25) is 0 Å². The zero-order valence-electron chi connectivity index (χ0n) is 12.5. The predicted molar refractivity (Wildman–Crippen MR) is 75.3 cm³/mol. The molecule has 0 fully saturated rings. The van der Waals surface area contributed by atoms with Gasteiger partial charge in [-0.25, -0.2) is 0 Å². The molecule has 1 aromatic rings. The Balaban J connectivity index is 2.23. The molecule has 1 aromatic heterocycles. The van der Waals surface area contributed by atoms with E-state index in [-0.39, 0.29) is 11.9 Å². The highest BCUT2D eigenvalue weighted by molar-refractivity contribution is 5.91. The molecule has 1 heterocycles. The van der Waals surface area contributed by atoms with E-state index >= 15 is 0 Å². The maximum absolute atomic E-state index is 11.7. The number of ether oxygens (including phenoxy) is 1. The second-order valence-corrected chi connectivity index (χ2v) is 4.78. The van der Waals surface area contributed by atoms with Gasteiger partial charge < -0.3 is 9.64 Å². The predicted octanol–water partition coefficient (Wildman–Crippen LogP) is 1.71. The van der Waals surface area contributed by atoms with Crippen LogP contribution in [-0.2, 0) is 16.1 Å². The van der Waals surface area contributed by atoms with Gasteiger partial charge in [0, 0.05) is 33.3 Å². The highest BCUT2D eigenvalue weighted by Crippen LogP contribution is 2.05. The summed E-state index contributed by atoms with van der Waals surface area (Å²) in [7, 11) is 3.41. The van der Waals surface area contributed by atoms with Gasteiger partial charge in [0.1, 0.15) is 5.69 Å². The van der Waals surface area contributed by atoms with Crippen LogP contribution in [0.2, 0.25) is 0 Å². The lowest BCUT2D eigenvalue weighted by Gasteiger charge is -2.07. The van der Waals surface area contributed by atoms with E-state index in [1.54, 1.807) is 24.8 Å². The zero-order chi connectivity index (χ0) is 15.0. The van der Waals surface area contributed by atoms with Gasteiger partial charge in [0.05, 0.1) is 6.61 Å². The summed E-state index contributed by atoms with van der Waals surface area (Å²) in [5.41, 5.74) is 0.460. The molecule has 0 saturated heterocycles. The number of amides is 1. The van der Waals surface area contributed by atoms with Crippen molar-refractivity contribution in [3.63, 3.8) is 0 Å². The lowest BCUT2D eigenvalue weighted by molar-refractivity contribution is -0.143. The second-order valence-electron chi connectivity index (χ2n) is 4.78. The SMILES string of the molecule is CCOC(=O)CCCCCn1ccc(C(=O)N(C)C)n1. The molecule has 0 aliphatic rings. The molecule has 0 spiro atoms. The van der Waals surface area contributed by atoms with Crippen LogP contribution in [0.1, 0.15) is 43.1 Å². The Morgan fingerprint density at radius 3 is 2.70 bits per heavy atom. The normalized spacial score (nSPS) is 10.3. The van der Waals surface area contributed by atoms with E-state index in [9.17, 15) is 9.59 Å². The van der Waals surface area contributed by atoms with E-state index < -0.39 is 0 Å². The number of carbonyl (C=O) groups is 2. The number of aryl methyl sites for hydroxylation is 1. The maximum Gasteiger partial charge on any atom is 0.305 e. The van der Waals surface area contributed by atoms with Crippen molar-refractivity contribution in [2.24, 2.45) is 0 Å². The fourth-order valence-corrected chi connectivity index (χ4v) is 1.78. The first kappa shape index (κ1) is 16.2. The molecule has 112 valence electrons. The summed E-state index contributed by atoms with van der Waals surface area (Å²) in [5, 5.41) is 4.23. The minimum atomic E-state index is -0.134. The van der Waals surface area contributed by atoms with Gasteiger partial charge in [-0.2, -0.15) is 5.10 Å². The summed E-state index contributed by atoms with van der Waals surface area (Å²) in [6.45, 7) is 3.00. The molecule has 0 saturated carbocycles. The van der Waals surface area contributed by atoms with E-state index in [0.717, 1.165) is 25.8 Å². The first-order valence-electron chi connectivity index (χ1n) is 6.95. The topological polar surface area (TPSA) is 64.4 Å². The van der Waals surface area contributed by atoms with Crippen LogP contribution >= 0.6 is 0 Å². The lowest BCUT2D eigenvalue weighted by Crippen LogP contribution is -2.22. The van der Waals surface area contributed by atoms with E-state index in [2.05, 4.69) is 5.10 Å². The molecule has 6 heteroatoms. The molecule has 0 radical (unpaired) electrons. The van der Waals surface area contributed by atoms with E-state index in [1.807, 2.05) is 13.1 Å². The van der Waals surface area contributed by atoms with Crippen molar-refractivity contribution in [3.05, 3.63) is 18.0 Å². The van der Waals surface area contributed by atoms with Gasteiger partial charge in [0.15, 0.2) is 0 Å². The monoisotopic (exact) mass is 281 g/mol. The molecule has 0 aliphatic carbocycles. The van der Waals surface area contributed by atoms with Crippen LogP contribution in [0, 0.1) is 0 Å². The van der Waals surface area contributed by atoms with Crippen molar-refractivity contribution in [3.8, 4) is 0 Å². The van der Waals surface area contributed by atoms with Crippen LogP contribution in [0.3, 0.4) is 0 Å². The largest absolute Gasteiger partial charge is 0.466 e. The fourth-order valence-electron chi connectivity index (χ4n) is 1.78. The Labute approximate surface area is 119 Å². The van der Waals surface area contributed by atoms with Gasteiger partial charge in [-0.05, 0) is 25.8 Å². The minimum absolute atomic E-state index is 0.0916. The first-order valence-corrected chi connectivity index (χ1v) is 6.95. The lowest BCUT2D eigenvalue weighted by atomic mass is 10.2. The Hall–Kier alpha value is -1.85. The molecule has 0 N–H and O–H groups in total. The molecule has 20 heavy (non-hydrogen) atoms. The van der Waals surface area contributed by atoms with Crippen LogP contribution in [-0.4, -0.2) is 47.3 Å². The smallest absolute Gasteiger partial charge is 0.305 e. The number of rotatable bonds is 8. The van der Waals surface area contributed by atoms with Crippen LogP contribution < -0.4 is 0 Å². The Morgan fingerprint density at radius 2 is 2.05 bits per heavy atom. The van der Waals surface area contributed by atoms with Gasteiger partial charge >= 0.3 is 5.97 Å². The van der Waals surface area contributed by atoms with Crippen LogP contribution in [0.25, 0.3) is 0 Å². The first-order chi connectivity index (χ1) is 9.54. The minimum Gasteiger partial charge on any atom is -0.466 e. The third-order valence-electron chi connectivity index (χ3n) is 2.84.